The van der Waals surface area contributed by atoms with Crippen molar-refractivity contribution in [2.45, 2.75) is 6.54 Å². The molecule has 8 heteroatoms. The number of nitrogens with zero attached hydrogens (tertiary/aromatic N) is 3. The summed E-state index contributed by atoms with van der Waals surface area (Å²) in [5, 5.41) is 10.9. The number of carbonyl (C=O) groups is 1. The summed E-state index contributed by atoms with van der Waals surface area (Å²) in [6.07, 6.45) is 0. The molecule has 0 saturated heterocycles. The average Bonchev–Trinajstić information content (AvgIpc) is 3.05. The number of amides is 1. The Labute approximate surface area is 135 Å². The number of ether oxygens (including phenoxy) is 2. The van der Waals surface area contributed by atoms with Gasteiger partial charge >= 0.3 is 0 Å². The summed E-state index contributed by atoms with van der Waals surface area (Å²) in [5.74, 6) is 0.806. The molecule has 1 amide bonds. The van der Waals surface area contributed by atoms with E-state index in [1.807, 2.05) is 0 Å². The maximum Gasteiger partial charge on any atom is 0.278 e. The van der Waals surface area contributed by atoms with Gasteiger partial charge in [-0.25, -0.2) is 4.68 Å². The topological polar surface area (TPSA) is 95.3 Å². The number of rotatable bonds is 3. The third-order valence-corrected chi connectivity index (χ3v) is 3.58. The molecule has 2 heterocycles. The molecule has 8 nitrogen and oxygen atoms in total. The second-order valence-corrected chi connectivity index (χ2v) is 5.19. The van der Waals surface area contributed by atoms with Crippen molar-refractivity contribution in [2.75, 3.05) is 12.1 Å². The van der Waals surface area contributed by atoms with E-state index in [0.29, 0.717) is 28.1 Å². The summed E-state index contributed by atoms with van der Waals surface area (Å²) in [5.41, 5.74) is 0.683. The van der Waals surface area contributed by atoms with Gasteiger partial charge in [-0.3, -0.25) is 9.59 Å². The minimum Gasteiger partial charge on any atom is -0.454 e. The van der Waals surface area contributed by atoms with Crippen molar-refractivity contribution < 1.29 is 14.3 Å². The molecule has 1 aliphatic heterocycles. The van der Waals surface area contributed by atoms with Crippen LogP contribution in [0.5, 0.6) is 11.5 Å². The molecular formula is C16H12N4O4. The van der Waals surface area contributed by atoms with E-state index in [-0.39, 0.29) is 24.8 Å². The first-order valence-corrected chi connectivity index (χ1v) is 7.23. The Morgan fingerprint density at radius 3 is 2.92 bits per heavy atom. The molecule has 0 unspecified atom stereocenters. The number of benzene rings is 2. The predicted octanol–water partition coefficient (Wildman–Crippen LogP) is 1.16. The van der Waals surface area contributed by atoms with Crippen molar-refractivity contribution >= 4 is 22.5 Å². The molecule has 4 rings (SSSR count). The normalized spacial score (nSPS) is 12.3. The summed E-state index contributed by atoms with van der Waals surface area (Å²) in [6, 6.07) is 11.9. The van der Waals surface area contributed by atoms with Crippen LogP contribution in [-0.2, 0) is 11.3 Å². The highest BCUT2D eigenvalue weighted by atomic mass is 16.7. The lowest BCUT2D eigenvalue weighted by Crippen LogP contribution is -2.30. The van der Waals surface area contributed by atoms with E-state index in [1.54, 1.807) is 42.5 Å². The molecule has 2 aromatic carbocycles. The number of anilines is 1. The molecule has 1 aromatic heterocycles. The first-order valence-electron chi connectivity index (χ1n) is 7.23. The largest absolute Gasteiger partial charge is 0.454 e. The zero-order valence-corrected chi connectivity index (χ0v) is 12.4. The monoisotopic (exact) mass is 324 g/mol. The fourth-order valence-electron chi connectivity index (χ4n) is 2.44. The van der Waals surface area contributed by atoms with Gasteiger partial charge in [-0.1, -0.05) is 17.3 Å². The van der Waals surface area contributed by atoms with Crippen LogP contribution in [0.3, 0.4) is 0 Å². The zero-order chi connectivity index (χ0) is 16.5. The minimum atomic E-state index is -0.388. The summed E-state index contributed by atoms with van der Waals surface area (Å²) in [7, 11) is 0. The van der Waals surface area contributed by atoms with Crippen molar-refractivity contribution in [3.05, 3.63) is 52.8 Å². The number of aromatic nitrogens is 3. The fourth-order valence-corrected chi connectivity index (χ4v) is 2.44. The highest BCUT2D eigenvalue weighted by Crippen LogP contribution is 2.34. The van der Waals surface area contributed by atoms with Crippen molar-refractivity contribution in [1.29, 1.82) is 0 Å². The van der Waals surface area contributed by atoms with Crippen LogP contribution < -0.4 is 20.3 Å². The maximum absolute atomic E-state index is 12.3. The number of fused-ring (bicyclic) bond motifs is 2. The molecule has 24 heavy (non-hydrogen) atoms. The Balaban J connectivity index is 1.54. The van der Waals surface area contributed by atoms with Gasteiger partial charge in [0, 0.05) is 11.8 Å². The van der Waals surface area contributed by atoms with Crippen molar-refractivity contribution in [3.63, 3.8) is 0 Å². The molecule has 0 fully saturated rings. The lowest BCUT2D eigenvalue weighted by molar-refractivity contribution is -0.117. The van der Waals surface area contributed by atoms with Crippen LogP contribution in [-0.4, -0.2) is 27.7 Å². The van der Waals surface area contributed by atoms with Gasteiger partial charge < -0.3 is 14.8 Å². The summed E-state index contributed by atoms with van der Waals surface area (Å²) in [6.45, 7) is -0.0695. The number of hydrogen-bond donors (Lipinski definition) is 1. The van der Waals surface area contributed by atoms with Crippen LogP contribution in [0, 0.1) is 0 Å². The van der Waals surface area contributed by atoms with Crippen LogP contribution in [0.4, 0.5) is 5.69 Å². The van der Waals surface area contributed by atoms with E-state index < -0.39 is 0 Å². The predicted molar refractivity (Wildman–Crippen MR) is 85.0 cm³/mol. The number of nitrogens with one attached hydrogen (secondary N) is 1. The van der Waals surface area contributed by atoms with Gasteiger partial charge in [-0.05, 0) is 24.3 Å². The van der Waals surface area contributed by atoms with E-state index in [4.69, 9.17) is 9.47 Å². The molecule has 0 saturated carbocycles. The molecule has 1 N–H and O–H groups in total. The van der Waals surface area contributed by atoms with Gasteiger partial charge in [-0.2, -0.15) is 0 Å². The van der Waals surface area contributed by atoms with E-state index in [0.717, 1.165) is 4.68 Å². The van der Waals surface area contributed by atoms with E-state index in [1.165, 1.54) is 0 Å². The molecule has 0 radical (unpaired) electrons. The van der Waals surface area contributed by atoms with Crippen molar-refractivity contribution in [1.82, 2.24) is 15.0 Å². The van der Waals surface area contributed by atoms with E-state index in [9.17, 15) is 9.59 Å². The lowest BCUT2D eigenvalue weighted by Gasteiger charge is -2.07. The molecule has 3 aromatic rings. The first-order chi connectivity index (χ1) is 11.7. The van der Waals surface area contributed by atoms with Gasteiger partial charge in [-0.15, -0.1) is 5.10 Å². The number of carbonyl (C=O) groups excluding carboxylic acids is 1. The quantitative estimate of drug-likeness (QED) is 0.777. The first kappa shape index (κ1) is 14.2. The summed E-state index contributed by atoms with van der Waals surface area (Å²) in [4.78, 5) is 24.5. The summed E-state index contributed by atoms with van der Waals surface area (Å²) < 4.78 is 11.5. The third-order valence-electron chi connectivity index (χ3n) is 3.58. The van der Waals surface area contributed by atoms with Crippen LogP contribution in [0.15, 0.2) is 47.3 Å². The Morgan fingerprint density at radius 1 is 1.17 bits per heavy atom. The average molecular weight is 324 g/mol. The zero-order valence-electron chi connectivity index (χ0n) is 12.4. The van der Waals surface area contributed by atoms with Crippen LogP contribution in [0.2, 0.25) is 0 Å². The van der Waals surface area contributed by atoms with Gasteiger partial charge in [0.25, 0.3) is 5.56 Å². The number of hydrogen-bond acceptors (Lipinski definition) is 6. The van der Waals surface area contributed by atoms with Gasteiger partial charge in [0.1, 0.15) is 12.1 Å². The van der Waals surface area contributed by atoms with Crippen LogP contribution in [0.25, 0.3) is 10.9 Å². The Bertz CT molecular complexity index is 999. The minimum absolute atomic E-state index is 0.162. The van der Waals surface area contributed by atoms with Gasteiger partial charge in [0.15, 0.2) is 11.5 Å². The Hall–Kier alpha value is -3.42. The second-order valence-electron chi connectivity index (χ2n) is 5.19. The molecule has 1 aliphatic rings. The van der Waals surface area contributed by atoms with Crippen molar-refractivity contribution in [2.24, 2.45) is 0 Å². The maximum atomic E-state index is 12.3. The Kier molecular flexibility index (Phi) is 3.34. The van der Waals surface area contributed by atoms with Crippen molar-refractivity contribution in [3.8, 4) is 11.5 Å². The molecule has 0 spiro atoms. The lowest BCUT2D eigenvalue weighted by atomic mass is 10.2. The van der Waals surface area contributed by atoms with E-state index >= 15 is 0 Å². The molecule has 120 valence electrons. The fraction of sp³-hybridized carbons (Fsp3) is 0.125. The summed E-state index contributed by atoms with van der Waals surface area (Å²) >= 11 is 0. The second kappa shape index (κ2) is 5.65. The standard InChI is InChI=1S/C16H12N4O4/c21-15(17-10-5-6-13-14(7-10)24-9-23-13)8-20-16(22)11-3-1-2-4-12(11)18-19-20/h1-7H,8-9H2,(H,17,21). The SMILES string of the molecule is O=C(Cn1nnc2ccccc2c1=O)Nc1ccc2c(c1)OCO2. The van der Waals surface area contributed by atoms with Gasteiger partial charge in [0.05, 0.1) is 5.39 Å². The van der Waals surface area contributed by atoms with Crippen LogP contribution >= 0.6 is 0 Å². The third kappa shape index (κ3) is 2.54. The molecule has 0 aliphatic carbocycles. The smallest absolute Gasteiger partial charge is 0.278 e. The van der Waals surface area contributed by atoms with Gasteiger partial charge in [0.2, 0.25) is 12.7 Å². The van der Waals surface area contributed by atoms with E-state index in [2.05, 4.69) is 15.6 Å². The van der Waals surface area contributed by atoms with Crippen LogP contribution in [0.1, 0.15) is 0 Å². The highest BCUT2D eigenvalue weighted by Gasteiger charge is 2.15. The molecule has 0 atom stereocenters. The molecular weight excluding hydrogens is 312 g/mol. The highest BCUT2D eigenvalue weighted by molar-refractivity contribution is 5.91. The Morgan fingerprint density at radius 2 is 2.00 bits per heavy atom. The molecule has 0 bridgehead atoms.